The third-order valence-corrected chi connectivity index (χ3v) is 4.40. The van der Waals surface area contributed by atoms with E-state index in [1.54, 1.807) is 37.9 Å². The third kappa shape index (κ3) is 5.27. The van der Waals surface area contributed by atoms with Gasteiger partial charge in [0.05, 0.1) is 10.8 Å². The second kappa shape index (κ2) is 9.13. The van der Waals surface area contributed by atoms with Gasteiger partial charge in [-0.1, -0.05) is 0 Å². The molecule has 0 aliphatic carbocycles. The van der Waals surface area contributed by atoms with Crippen LogP contribution in [0.1, 0.15) is 16.8 Å². The highest BCUT2D eigenvalue weighted by Crippen LogP contribution is 2.21. The van der Waals surface area contributed by atoms with Crippen molar-refractivity contribution in [1.82, 2.24) is 24.8 Å². The van der Waals surface area contributed by atoms with Crippen molar-refractivity contribution in [1.29, 1.82) is 0 Å². The van der Waals surface area contributed by atoms with Gasteiger partial charge in [0.15, 0.2) is 0 Å². The second-order valence-corrected chi connectivity index (χ2v) is 6.61. The predicted molar refractivity (Wildman–Crippen MR) is 108 cm³/mol. The third-order valence-electron chi connectivity index (χ3n) is 3.82. The molecule has 140 valence electrons. The van der Waals surface area contributed by atoms with Crippen LogP contribution in [-0.4, -0.2) is 39.0 Å². The number of hydrogen-bond donors (Lipinski definition) is 3. The van der Waals surface area contributed by atoms with Crippen molar-refractivity contribution < 1.29 is 4.79 Å². The molecule has 0 aliphatic heterocycles. The number of benzene rings is 1. The smallest absolute Gasteiger partial charge is 0.251 e. The fraction of sp³-hybridized carbons (Fsp3) is 0.222. The van der Waals surface area contributed by atoms with Gasteiger partial charge in [0.25, 0.3) is 5.91 Å². The van der Waals surface area contributed by atoms with Gasteiger partial charge in [0.1, 0.15) is 5.82 Å². The Morgan fingerprint density at radius 3 is 2.78 bits per heavy atom. The molecule has 0 fully saturated rings. The highest BCUT2D eigenvalue weighted by Gasteiger charge is 2.07. The molecule has 1 amide bonds. The van der Waals surface area contributed by atoms with Gasteiger partial charge in [-0.05, 0) is 46.6 Å². The van der Waals surface area contributed by atoms with Crippen molar-refractivity contribution in [2.75, 3.05) is 24.2 Å². The maximum atomic E-state index is 12.2. The number of amides is 1. The maximum absolute atomic E-state index is 12.2. The lowest BCUT2D eigenvalue weighted by Crippen LogP contribution is -2.25. The molecule has 3 aromatic rings. The van der Waals surface area contributed by atoms with Crippen LogP contribution in [0.15, 0.2) is 53.7 Å². The summed E-state index contributed by atoms with van der Waals surface area (Å²) in [4.78, 5) is 24.8. The zero-order valence-electron chi connectivity index (χ0n) is 14.8. The molecule has 3 N–H and O–H groups in total. The number of anilines is 3. The molecule has 0 spiro atoms. The SMILES string of the molecule is CNc1nc(Nc2ccc(C(=O)NCCCn3ccnc3)cc2)ncc1Br. The summed E-state index contributed by atoms with van der Waals surface area (Å²) in [6, 6.07) is 7.19. The molecule has 0 aliphatic rings. The van der Waals surface area contributed by atoms with E-state index in [0.29, 0.717) is 23.9 Å². The largest absolute Gasteiger partial charge is 0.372 e. The molecular formula is C18H20BrN7O. The van der Waals surface area contributed by atoms with Crippen LogP contribution >= 0.6 is 15.9 Å². The highest BCUT2D eigenvalue weighted by molar-refractivity contribution is 9.10. The standard InChI is InChI=1S/C18H20BrN7O/c1-20-16-15(19)11-23-18(25-16)24-14-5-3-13(4-6-14)17(27)22-7-2-9-26-10-8-21-12-26/h3-6,8,10-12H,2,7,9H2,1H3,(H,22,27)(H2,20,23,24,25). The summed E-state index contributed by atoms with van der Waals surface area (Å²) < 4.78 is 2.77. The summed E-state index contributed by atoms with van der Waals surface area (Å²) in [7, 11) is 1.79. The van der Waals surface area contributed by atoms with Crippen LogP contribution in [0.3, 0.4) is 0 Å². The Kier molecular flexibility index (Phi) is 6.37. The van der Waals surface area contributed by atoms with Gasteiger partial charge in [0.2, 0.25) is 5.95 Å². The van der Waals surface area contributed by atoms with Crippen LogP contribution in [0.4, 0.5) is 17.5 Å². The summed E-state index contributed by atoms with van der Waals surface area (Å²) >= 11 is 3.37. The average molecular weight is 430 g/mol. The quantitative estimate of drug-likeness (QED) is 0.476. The van der Waals surface area contributed by atoms with Gasteiger partial charge in [-0.2, -0.15) is 4.98 Å². The van der Waals surface area contributed by atoms with Crippen molar-refractivity contribution in [3.63, 3.8) is 0 Å². The summed E-state index contributed by atoms with van der Waals surface area (Å²) in [6.07, 6.45) is 7.93. The molecule has 0 saturated heterocycles. The zero-order chi connectivity index (χ0) is 19.1. The molecule has 8 nitrogen and oxygen atoms in total. The molecule has 0 radical (unpaired) electrons. The number of aryl methyl sites for hydroxylation is 1. The van der Waals surface area contributed by atoms with Crippen molar-refractivity contribution in [2.24, 2.45) is 0 Å². The number of imidazole rings is 1. The van der Waals surface area contributed by atoms with Crippen molar-refractivity contribution in [3.8, 4) is 0 Å². The number of halogens is 1. The Morgan fingerprint density at radius 2 is 2.07 bits per heavy atom. The Balaban J connectivity index is 1.51. The van der Waals surface area contributed by atoms with E-state index >= 15 is 0 Å². The van der Waals surface area contributed by atoms with Crippen LogP contribution < -0.4 is 16.0 Å². The monoisotopic (exact) mass is 429 g/mol. The summed E-state index contributed by atoms with van der Waals surface area (Å²) in [5.41, 5.74) is 1.41. The lowest BCUT2D eigenvalue weighted by Gasteiger charge is -2.09. The van der Waals surface area contributed by atoms with E-state index in [0.717, 1.165) is 23.1 Å². The number of carbonyl (C=O) groups is 1. The van der Waals surface area contributed by atoms with E-state index < -0.39 is 0 Å². The van der Waals surface area contributed by atoms with Crippen molar-refractivity contribution in [3.05, 3.63) is 59.2 Å². The van der Waals surface area contributed by atoms with E-state index in [4.69, 9.17) is 0 Å². The molecule has 1 aromatic carbocycles. The van der Waals surface area contributed by atoms with E-state index in [1.807, 2.05) is 22.9 Å². The molecule has 0 atom stereocenters. The molecule has 0 saturated carbocycles. The first-order valence-electron chi connectivity index (χ1n) is 8.47. The highest BCUT2D eigenvalue weighted by atomic mass is 79.9. The van der Waals surface area contributed by atoms with E-state index in [9.17, 15) is 4.79 Å². The van der Waals surface area contributed by atoms with Crippen molar-refractivity contribution >= 4 is 39.3 Å². The van der Waals surface area contributed by atoms with Crippen LogP contribution in [0.25, 0.3) is 0 Å². The Bertz CT molecular complexity index is 881. The first-order valence-corrected chi connectivity index (χ1v) is 9.26. The first-order chi connectivity index (χ1) is 13.2. The number of hydrogen-bond acceptors (Lipinski definition) is 6. The van der Waals surface area contributed by atoms with E-state index in [2.05, 4.69) is 46.8 Å². The normalized spacial score (nSPS) is 10.4. The van der Waals surface area contributed by atoms with E-state index in [1.165, 1.54) is 0 Å². The molecule has 2 aromatic heterocycles. The Labute approximate surface area is 165 Å². The summed E-state index contributed by atoms with van der Waals surface area (Å²) in [6.45, 7) is 1.43. The lowest BCUT2D eigenvalue weighted by molar-refractivity contribution is 0.0953. The first kappa shape index (κ1) is 18.8. The van der Waals surface area contributed by atoms with Gasteiger partial charge in [-0.15, -0.1) is 0 Å². The summed E-state index contributed by atoms with van der Waals surface area (Å²) in [5, 5.41) is 9.02. The number of aromatic nitrogens is 4. The fourth-order valence-corrected chi connectivity index (χ4v) is 2.81. The van der Waals surface area contributed by atoms with Crippen molar-refractivity contribution in [2.45, 2.75) is 13.0 Å². The molecule has 2 heterocycles. The minimum atomic E-state index is -0.0930. The number of rotatable bonds is 8. The van der Waals surface area contributed by atoms with Gasteiger partial charge >= 0.3 is 0 Å². The van der Waals surface area contributed by atoms with Crippen LogP contribution in [-0.2, 0) is 6.54 Å². The van der Waals surface area contributed by atoms with E-state index in [-0.39, 0.29) is 5.91 Å². The molecule has 0 bridgehead atoms. The van der Waals surface area contributed by atoms with Crippen LogP contribution in [0, 0.1) is 0 Å². The number of nitrogens with one attached hydrogen (secondary N) is 3. The number of nitrogens with zero attached hydrogens (tertiary/aromatic N) is 4. The molecule has 9 heteroatoms. The fourth-order valence-electron chi connectivity index (χ4n) is 2.42. The Hall–Kier alpha value is -2.94. The summed E-state index contributed by atoms with van der Waals surface area (Å²) in [5.74, 6) is 1.07. The minimum Gasteiger partial charge on any atom is -0.372 e. The number of carbonyl (C=O) groups excluding carboxylic acids is 1. The van der Waals surface area contributed by atoms with Gasteiger partial charge in [-0.25, -0.2) is 9.97 Å². The van der Waals surface area contributed by atoms with Gasteiger partial charge < -0.3 is 20.5 Å². The maximum Gasteiger partial charge on any atom is 0.251 e. The predicted octanol–water partition coefficient (Wildman–Crippen LogP) is 3.04. The minimum absolute atomic E-state index is 0.0930. The molecular weight excluding hydrogens is 410 g/mol. The Morgan fingerprint density at radius 1 is 1.26 bits per heavy atom. The zero-order valence-corrected chi connectivity index (χ0v) is 16.4. The molecule has 3 rings (SSSR count). The van der Waals surface area contributed by atoms with Crippen LogP contribution in [0.2, 0.25) is 0 Å². The van der Waals surface area contributed by atoms with Gasteiger partial charge in [-0.3, -0.25) is 4.79 Å². The molecule has 0 unspecified atom stereocenters. The average Bonchev–Trinajstić information content (AvgIpc) is 3.20. The topological polar surface area (TPSA) is 96.8 Å². The van der Waals surface area contributed by atoms with Crippen LogP contribution in [0.5, 0.6) is 0 Å². The van der Waals surface area contributed by atoms with Gasteiger partial charge in [0, 0.05) is 50.0 Å². The lowest BCUT2D eigenvalue weighted by atomic mass is 10.2. The second-order valence-electron chi connectivity index (χ2n) is 5.75. The molecule has 27 heavy (non-hydrogen) atoms.